The number of aromatic amines is 2. The van der Waals surface area contributed by atoms with Crippen LogP contribution >= 0.6 is 0 Å². The lowest BCUT2D eigenvalue weighted by Gasteiger charge is -1.96. The predicted molar refractivity (Wildman–Crippen MR) is 75.1 cm³/mol. The number of hydrogen-bond donors (Lipinski definition) is 4. The van der Waals surface area contributed by atoms with Crippen molar-refractivity contribution in [1.29, 1.82) is 0 Å². The lowest BCUT2D eigenvalue weighted by atomic mass is 10.2. The molecule has 0 saturated carbocycles. The number of fused-ring (bicyclic) bond motifs is 2. The second-order valence-electron chi connectivity index (χ2n) is 4.51. The van der Waals surface area contributed by atoms with Gasteiger partial charge in [-0.3, -0.25) is 5.10 Å². The van der Waals surface area contributed by atoms with Crippen molar-refractivity contribution in [3.63, 3.8) is 0 Å². The number of phenols is 1. The van der Waals surface area contributed by atoms with Crippen LogP contribution in [0, 0.1) is 0 Å². The number of aromatic nitrogens is 5. The number of nitrogens with zero attached hydrogens (tertiary/aromatic N) is 3. The molecule has 98 valence electrons. The molecule has 0 saturated heterocycles. The van der Waals surface area contributed by atoms with Crippen LogP contribution in [0.5, 0.6) is 5.75 Å². The molecule has 4 rings (SSSR count). The van der Waals surface area contributed by atoms with Crippen LogP contribution in [0.1, 0.15) is 0 Å². The zero-order valence-corrected chi connectivity index (χ0v) is 10.3. The Kier molecular flexibility index (Phi) is 2.00. The Hall–Kier alpha value is -3.09. The van der Waals surface area contributed by atoms with Gasteiger partial charge in [-0.05, 0) is 24.3 Å². The first-order valence-electron chi connectivity index (χ1n) is 5.99. The summed E-state index contributed by atoms with van der Waals surface area (Å²) in [6.45, 7) is 0. The normalized spacial score (nSPS) is 11.4. The quantitative estimate of drug-likeness (QED) is 0.419. The summed E-state index contributed by atoms with van der Waals surface area (Å²) in [6, 6.07) is 7.04. The fraction of sp³-hybridized carbons (Fsp3) is 0. The summed E-state index contributed by atoms with van der Waals surface area (Å²) < 4.78 is 0. The first-order valence-corrected chi connectivity index (χ1v) is 5.99. The Balaban J connectivity index is 2.01. The third kappa shape index (κ3) is 1.43. The summed E-state index contributed by atoms with van der Waals surface area (Å²) in [5.41, 5.74) is 8.87. The van der Waals surface area contributed by atoms with E-state index in [1.807, 2.05) is 12.1 Å². The largest absolute Gasteiger partial charge is 0.508 e. The number of hydrogen-bond acceptors (Lipinski definition) is 5. The second-order valence-corrected chi connectivity index (χ2v) is 4.51. The van der Waals surface area contributed by atoms with Gasteiger partial charge >= 0.3 is 0 Å². The molecule has 7 heteroatoms. The molecule has 20 heavy (non-hydrogen) atoms. The van der Waals surface area contributed by atoms with Crippen LogP contribution in [-0.2, 0) is 0 Å². The van der Waals surface area contributed by atoms with E-state index in [2.05, 4.69) is 25.1 Å². The number of anilines is 1. The summed E-state index contributed by atoms with van der Waals surface area (Å²) >= 11 is 0. The van der Waals surface area contributed by atoms with E-state index in [9.17, 15) is 5.11 Å². The van der Waals surface area contributed by atoms with Crippen LogP contribution in [0.2, 0.25) is 0 Å². The number of nitrogens with one attached hydrogen (secondary N) is 2. The van der Waals surface area contributed by atoms with Crippen molar-refractivity contribution in [2.24, 2.45) is 0 Å². The summed E-state index contributed by atoms with van der Waals surface area (Å²) in [4.78, 5) is 11.3. The lowest BCUT2D eigenvalue weighted by molar-refractivity contribution is 0.476. The molecule has 0 aliphatic carbocycles. The highest BCUT2D eigenvalue weighted by atomic mass is 16.3. The lowest BCUT2D eigenvalue weighted by Crippen LogP contribution is -1.92. The van der Waals surface area contributed by atoms with Crippen molar-refractivity contribution in [2.45, 2.75) is 0 Å². The molecule has 0 fully saturated rings. The SMILES string of the molecule is Nc1ncnc2n[nH]c(-c3cc4cc(O)ccc4[nH]3)c12. The maximum absolute atomic E-state index is 9.51. The molecule has 1 aromatic carbocycles. The number of nitrogens with two attached hydrogens (primary N) is 1. The summed E-state index contributed by atoms with van der Waals surface area (Å²) in [5, 5.41) is 18.1. The highest BCUT2D eigenvalue weighted by Crippen LogP contribution is 2.31. The number of nitrogen functional groups attached to an aromatic ring is 1. The van der Waals surface area contributed by atoms with Gasteiger partial charge in [-0.1, -0.05) is 0 Å². The van der Waals surface area contributed by atoms with Crippen LogP contribution in [-0.4, -0.2) is 30.3 Å². The average molecular weight is 266 g/mol. The third-order valence-electron chi connectivity index (χ3n) is 3.25. The summed E-state index contributed by atoms with van der Waals surface area (Å²) in [6.07, 6.45) is 1.38. The van der Waals surface area contributed by atoms with E-state index in [-0.39, 0.29) is 5.75 Å². The van der Waals surface area contributed by atoms with Gasteiger partial charge in [-0.25, -0.2) is 9.97 Å². The zero-order valence-electron chi connectivity index (χ0n) is 10.3. The van der Waals surface area contributed by atoms with E-state index in [1.54, 1.807) is 12.1 Å². The molecule has 0 unspecified atom stereocenters. The zero-order chi connectivity index (χ0) is 13.7. The Bertz CT molecular complexity index is 938. The average Bonchev–Trinajstić information content (AvgIpc) is 3.01. The highest BCUT2D eigenvalue weighted by molar-refractivity contribution is 5.99. The third-order valence-corrected chi connectivity index (χ3v) is 3.25. The van der Waals surface area contributed by atoms with Crippen LogP contribution in [0.25, 0.3) is 33.3 Å². The Labute approximate surface area is 112 Å². The van der Waals surface area contributed by atoms with Gasteiger partial charge in [0.05, 0.1) is 16.8 Å². The van der Waals surface area contributed by atoms with Gasteiger partial charge in [0.2, 0.25) is 0 Å². The van der Waals surface area contributed by atoms with Crippen molar-refractivity contribution < 1.29 is 5.11 Å². The minimum Gasteiger partial charge on any atom is -0.508 e. The number of phenolic OH excluding ortho intramolecular Hbond substituents is 1. The van der Waals surface area contributed by atoms with Gasteiger partial charge < -0.3 is 15.8 Å². The minimum atomic E-state index is 0.223. The molecule has 0 atom stereocenters. The second kappa shape index (κ2) is 3.70. The Morgan fingerprint density at radius 2 is 2.05 bits per heavy atom. The maximum Gasteiger partial charge on any atom is 0.186 e. The Morgan fingerprint density at radius 3 is 2.95 bits per heavy atom. The van der Waals surface area contributed by atoms with Crippen LogP contribution in [0.3, 0.4) is 0 Å². The van der Waals surface area contributed by atoms with Gasteiger partial charge in [0.1, 0.15) is 17.9 Å². The molecule has 0 spiro atoms. The van der Waals surface area contributed by atoms with Crippen molar-refractivity contribution in [2.75, 3.05) is 5.73 Å². The van der Waals surface area contributed by atoms with E-state index in [1.165, 1.54) is 6.33 Å². The van der Waals surface area contributed by atoms with Gasteiger partial charge in [0, 0.05) is 10.9 Å². The van der Waals surface area contributed by atoms with E-state index < -0.39 is 0 Å². The molecular formula is C13H10N6O. The molecule has 0 radical (unpaired) electrons. The van der Waals surface area contributed by atoms with E-state index in [4.69, 9.17) is 5.73 Å². The van der Waals surface area contributed by atoms with Crippen LogP contribution in [0.4, 0.5) is 5.82 Å². The van der Waals surface area contributed by atoms with E-state index in [0.717, 1.165) is 22.3 Å². The minimum absolute atomic E-state index is 0.223. The molecular weight excluding hydrogens is 256 g/mol. The van der Waals surface area contributed by atoms with Crippen molar-refractivity contribution in [3.8, 4) is 17.1 Å². The molecule has 0 aliphatic heterocycles. The molecule has 7 nitrogen and oxygen atoms in total. The number of H-pyrrole nitrogens is 2. The van der Waals surface area contributed by atoms with E-state index in [0.29, 0.717) is 16.9 Å². The van der Waals surface area contributed by atoms with Crippen LogP contribution < -0.4 is 5.73 Å². The fourth-order valence-electron chi connectivity index (χ4n) is 2.33. The summed E-state index contributed by atoms with van der Waals surface area (Å²) in [7, 11) is 0. The Morgan fingerprint density at radius 1 is 1.15 bits per heavy atom. The first kappa shape index (κ1) is 10.8. The van der Waals surface area contributed by atoms with Crippen LogP contribution in [0.15, 0.2) is 30.6 Å². The molecule has 3 heterocycles. The van der Waals surface area contributed by atoms with Crippen molar-refractivity contribution in [3.05, 3.63) is 30.6 Å². The fourth-order valence-corrected chi connectivity index (χ4v) is 2.33. The van der Waals surface area contributed by atoms with E-state index >= 15 is 0 Å². The molecule has 0 aliphatic rings. The monoisotopic (exact) mass is 266 g/mol. The number of aromatic hydroxyl groups is 1. The maximum atomic E-state index is 9.51. The topological polar surface area (TPSA) is 116 Å². The molecule has 5 N–H and O–H groups in total. The molecule has 3 aromatic heterocycles. The molecule has 0 bridgehead atoms. The molecule has 4 aromatic rings. The summed E-state index contributed by atoms with van der Waals surface area (Å²) in [5.74, 6) is 0.598. The van der Waals surface area contributed by atoms with Gasteiger partial charge in [-0.2, -0.15) is 5.10 Å². The smallest absolute Gasteiger partial charge is 0.186 e. The predicted octanol–water partition coefficient (Wildman–Crippen LogP) is 1.79. The van der Waals surface area contributed by atoms with Gasteiger partial charge in [0.25, 0.3) is 0 Å². The highest BCUT2D eigenvalue weighted by Gasteiger charge is 2.14. The standard InChI is InChI=1S/C13H10N6O/c14-12-10-11(18-19-13(10)16-5-15-12)9-4-6-3-7(20)1-2-8(6)17-9/h1-5,17,20H,(H3,14,15,16,18,19). The first-order chi connectivity index (χ1) is 9.72. The number of rotatable bonds is 1. The van der Waals surface area contributed by atoms with Gasteiger partial charge in [-0.15, -0.1) is 0 Å². The van der Waals surface area contributed by atoms with Gasteiger partial charge in [0.15, 0.2) is 5.65 Å². The van der Waals surface area contributed by atoms with Crippen molar-refractivity contribution in [1.82, 2.24) is 25.1 Å². The number of benzene rings is 1. The molecule has 0 amide bonds. The van der Waals surface area contributed by atoms with Crippen molar-refractivity contribution >= 4 is 27.8 Å².